The molecule has 3 heteroatoms. The summed E-state index contributed by atoms with van der Waals surface area (Å²) in [5, 5.41) is 3.71. The zero-order valence-corrected chi connectivity index (χ0v) is 12.7. The van der Waals surface area contributed by atoms with Gasteiger partial charge in [0, 0.05) is 18.3 Å². The number of nitrogens with zero attached hydrogens (tertiary/aromatic N) is 1. The van der Waals surface area contributed by atoms with Crippen LogP contribution in [0.15, 0.2) is 42.6 Å². The second-order valence-electron chi connectivity index (χ2n) is 5.68. The molecule has 0 saturated carbocycles. The normalized spacial score (nSPS) is 18.9. The predicted octanol–water partition coefficient (Wildman–Crippen LogP) is 3.30. The van der Waals surface area contributed by atoms with Crippen LogP contribution in [0, 0.1) is 0 Å². The summed E-state index contributed by atoms with van der Waals surface area (Å²) in [6.07, 6.45) is 5.13. The van der Waals surface area contributed by atoms with E-state index in [0.29, 0.717) is 6.04 Å². The molecule has 21 heavy (non-hydrogen) atoms. The van der Waals surface area contributed by atoms with Crippen molar-refractivity contribution in [2.75, 3.05) is 7.11 Å². The number of rotatable bonds is 4. The SMILES string of the molecule is COc1cccc2c1CCC(NC(C)c1ccccn1)C2. The van der Waals surface area contributed by atoms with Gasteiger partial charge in [-0.05, 0) is 55.5 Å². The summed E-state index contributed by atoms with van der Waals surface area (Å²) in [5.74, 6) is 1.03. The van der Waals surface area contributed by atoms with E-state index in [-0.39, 0.29) is 6.04 Å². The minimum Gasteiger partial charge on any atom is -0.496 e. The van der Waals surface area contributed by atoms with Crippen LogP contribution in [0.1, 0.15) is 36.2 Å². The molecule has 3 nitrogen and oxygen atoms in total. The topological polar surface area (TPSA) is 34.1 Å². The van der Waals surface area contributed by atoms with Gasteiger partial charge in [0.05, 0.1) is 12.8 Å². The second kappa shape index (κ2) is 6.27. The van der Waals surface area contributed by atoms with E-state index >= 15 is 0 Å². The summed E-state index contributed by atoms with van der Waals surface area (Å²) < 4.78 is 5.47. The van der Waals surface area contributed by atoms with Crippen LogP contribution in [0.2, 0.25) is 0 Å². The predicted molar refractivity (Wildman–Crippen MR) is 84.6 cm³/mol. The molecule has 0 aliphatic heterocycles. The van der Waals surface area contributed by atoms with E-state index < -0.39 is 0 Å². The second-order valence-corrected chi connectivity index (χ2v) is 5.68. The molecular formula is C18H22N2O. The molecule has 0 fully saturated rings. The van der Waals surface area contributed by atoms with Crippen molar-refractivity contribution < 1.29 is 4.74 Å². The number of fused-ring (bicyclic) bond motifs is 1. The molecule has 2 atom stereocenters. The lowest BCUT2D eigenvalue weighted by molar-refractivity contribution is 0.385. The maximum atomic E-state index is 5.47. The van der Waals surface area contributed by atoms with Gasteiger partial charge < -0.3 is 10.1 Å². The van der Waals surface area contributed by atoms with Crippen molar-refractivity contribution in [3.63, 3.8) is 0 Å². The first-order valence-corrected chi connectivity index (χ1v) is 7.59. The average Bonchev–Trinajstić information content (AvgIpc) is 2.54. The summed E-state index contributed by atoms with van der Waals surface area (Å²) >= 11 is 0. The van der Waals surface area contributed by atoms with Gasteiger partial charge in [-0.15, -0.1) is 0 Å². The molecule has 0 amide bonds. The highest BCUT2D eigenvalue weighted by Gasteiger charge is 2.22. The van der Waals surface area contributed by atoms with E-state index in [0.717, 1.165) is 30.7 Å². The Morgan fingerprint density at radius 2 is 2.14 bits per heavy atom. The van der Waals surface area contributed by atoms with Gasteiger partial charge in [-0.1, -0.05) is 18.2 Å². The summed E-state index contributed by atoms with van der Waals surface area (Å²) in [4.78, 5) is 4.43. The van der Waals surface area contributed by atoms with E-state index in [9.17, 15) is 0 Å². The molecule has 3 rings (SSSR count). The van der Waals surface area contributed by atoms with Crippen LogP contribution in [0.5, 0.6) is 5.75 Å². The summed E-state index contributed by atoms with van der Waals surface area (Å²) in [7, 11) is 1.75. The van der Waals surface area contributed by atoms with E-state index in [1.165, 1.54) is 11.1 Å². The molecule has 1 N–H and O–H groups in total. The average molecular weight is 282 g/mol. The molecule has 1 heterocycles. The Bertz CT molecular complexity index is 597. The van der Waals surface area contributed by atoms with Gasteiger partial charge in [-0.2, -0.15) is 0 Å². The monoisotopic (exact) mass is 282 g/mol. The molecule has 1 aliphatic rings. The standard InChI is InChI=1S/C18H22N2O/c1-13(17-7-3-4-11-19-17)20-15-9-10-16-14(12-15)6-5-8-18(16)21-2/h3-8,11,13,15,20H,9-10,12H2,1-2H3. The van der Waals surface area contributed by atoms with Crippen molar-refractivity contribution in [2.24, 2.45) is 0 Å². The fraction of sp³-hybridized carbons (Fsp3) is 0.389. The Morgan fingerprint density at radius 3 is 2.90 bits per heavy atom. The Labute approximate surface area is 126 Å². The first kappa shape index (κ1) is 14.1. The van der Waals surface area contributed by atoms with E-state index in [1.54, 1.807) is 7.11 Å². The largest absolute Gasteiger partial charge is 0.496 e. The number of pyridine rings is 1. The van der Waals surface area contributed by atoms with Crippen LogP contribution in [0.3, 0.4) is 0 Å². The summed E-state index contributed by atoms with van der Waals surface area (Å²) in [5.41, 5.74) is 3.89. The number of aromatic nitrogens is 1. The number of hydrogen-bond donors (Lipinski definition) is 1. The van der Waals surface area contributed by atoms with Crippen LogP contribution >= 0.6 is 0 Å². The first-order valence-electron chi connectivity index (χ1n) is 7.59. The van der Waals surface area contributed by atoms with Crippen LogP contribution in [-0.4, -0.2) is 18.1 Å². The third-order valence-electron chi connectivity index (χ3n) is 4.28. The van der Waals surface area contributed by atoms with Crippen LogP contribution in [-0.2, 0) is 12.8 Å². The van der Waals surface area contributed by atoms with E-state index in [4.69, 9.17) is 4.74 Å². The molecule has 2 aromatic rings. The fourth-order valence-electron chi connectivity index (χ4n) is 3.18. The lowest BCUT2D eigenvalue weighted by atomic mass is 9.87. The Kier molecular flexibility index (Phi) is 4.20. The van der Waals surface area contributed by atoms with Crippen molar-refractivity contribution in [1.29, 1.82) is 0 Å². The molecule has 0 saturated heterocycles. The van der Waals surface area contributed by atoms with Crippen molar-refractivity contribution >= 4 is 0 Å². The Balaban J connectivity index is 1.69. The van der Waals surface area contributed by atoms with Gasteiger partial charge in [0.1, 0.15) is 5.75 Å². The van der Waals surface area contributed by atoms with Crippen molar-refractivity contribution in [1.82, 2.24) is 10.3 Å². The third-order valence-corrected chi connectivity index (χ3v) is 4.28. The number of ether oxygens (including phenoxy) is 1. The van der Waals surface area contributed by atoms with Gasteiger partial charge in [0.15, 0.2) is 0 Å². The zero-order chi connectivity index (χ0) is 14.7. The fourth-order valence-corrected chi connectivity index (χ4v) is 3.18. The van der Waals surface area contributed by atoms with E-state index in [2.05, 4.69) is 41.5 Å². The molecule has 1 aliphatic carbocycles. The Morgan fingerprint density at radius 1 is 1.24 bits per heavy atom. The molecule has 0 radical (unpaired) electrons. The number of nitrogens with one attached hydrogen (secondary N) is 1. The lowest BCUT2D eigenvalue weighted by Gasteiger charge is -2.29. The van der Waals surface area contributed by atoms with Gasteiger partial charge in [-0.25, -0.2) is 0 Å². The summed E-state index contributed by atoms with van der Waals surface area (Å²) in [6, 6.07) is 13.2. The highest BCUT2D eigenvalue weighted by atomic mass is 16.5. The van der Waals surface area contributed by atoms with Crippen molar-refractivity contribution in [3.05, 3.63) is 59.4 Å². The maximum Gasteiger partial charge on any atom is 0.122 e. The van der Waals surface area contributed by atoms with Crippen molar-refractivity contribution in [2.45, 2.75) is 38.3 Å². The van der Waals surface area contributed by atoms with Gasteiger partial charge in [-0.3, -0.25) is 4.98 Å². The first-order chi connectivity index (χ1) is 10.3. The minimum absolute atomic E-state index is 0.281. The molecule has 0 spiro atoms. The van der Waals surface area contributed by atoms with Crippen LogP contribution in [0.25, 0.3) is 0 Å². The number of benzene rings is 1. The highest BCUT2D eigenvalue weighted by Crippen LogP contribution is 2.30. The Hall–Kier alpha value is -1.87. The molecule has 1 aromatic heterocycles. The minimum atomic E-state index is 0.281. The molecule has 0 bridgehead atoms. The number of methoxy groups -OCH3 is 1. The third kappa shape index (κ3) is 3.08. The lowest BCUT2D eigenvalue weighted by Crippen LogP contribution is -2.36. The number of hydrogen-bond acceptors (Lipinski definition) is 3. The van der Waals surface area contributed by atoms with E-state index in [1.807, 2.05) is 18.3 Å². The molecule has 1 aromatic carbocycles. The molecule has 2 unspecified atom stereocenters. The quantitative estimate of drug-likeness (QED) is 0.934. The highest BCUT2D eigenvalue weighted by molar-refractivity contribution is 5.42. The maximum absolute atomic E-state index is 5.47. The van der Waals surface area contributed by atoms with Crippen LogP contribution in [0.4, 0.5) is 0 Å². The zero-order valence-electron chi connectivity index (χ0n) is 12.7. The van der Waals surface area contributed by atoms with Crippen LogP contribution < -0.4 is 10.1 Å². The summed E-state index contributed by atoms with van der Waals surface area (Å²) in [6.45, 7) is 2.18. The smallest absolute Gasteiger partial charge is 0.122 e. The van der Waals surface area contributed by atoms with Gasteiger partial charge >= 0.3 is 0 Å². The van der Waals surface area contributed by atoms with Gasteiger partial charge in [0.25, 0.3) is 0 Å². The molecule has 110 valence electrons. The molecular weight excluding hydrogens is 260 g/mol. The van der Waals surface area contributed by atoms with Crippen molar-refractivity contribution in [3.8, 4) is 5.75 Å². The van der Waals surface area contributed by atoms with Gasteiger partial charge in [0.2, 0.25) is 0 Å².